The predicted octanol–water partition coefficient (Wildman–Crippen LogP) is 1.78. The number of pyridine rings is 1. The second-order valence-corrected chi connectivity index (χ2v) is 5.09. The second-order valence-electron chi connectivity index (χ2n) is 4.27. The monoisotopic (exact) mass is 312 g/mol. The Kier molecular flexibility index (Phi) is 3.96. The van der Waals surface area contributed by atoms with Crippen molar-refractivity contribution in [3.05, 3.63) is 28.5 Å². The molecule has 2 rings (SSSR count). The van der Waals surface area contributed by atoms with Gasteiger partial charge in [-0.3, -0.25) is 9.59 Å². The fourth-order valence-electron chi connectivity index (χ4n) is 2.05. The number of likely N-dealkylation sites (tertiary alicyclic amines) is 1. The van der Waals surface area contributed by atoms with Crippen LogP contribution in [0.3, 0.4) is 0 Å². The first-order valence-corrected chi connectivity index (χ1v) is 6.52. The molecule has 6 heteroatoms. The van der Waals surface area contributed by atoms with Gasteiger partial charge in [-0.15, -0.1) is 0 Å². The van der Waals surface area contributed by atoms with E-state index in [-0.39, 0.29) is 12.5 Å². The van der Waals surface area contributed by atoms with E-state index in [2.05, 4.69) is 20.9 Å². The average Bonchev–Trinajstić information content (AvgIpc) is 2.38. The lowest BCUT2D eigenvalue weighted by atomic mass is 9.98. The summed E-state index contributed by atoms with van der Waals surface area (Å²) < 4.78 is 0.597. The molecule has 0 radical (unpaired) electrons. The summed E-state index contributed by atoms with van der Waals surface area (Å²) in [5, 5.41) is 8.99. The minimum atomic E-state index is -0.838. The molecule has 0 aromatic carbocycles. The van der Waals surface area contributed by atoms with Gasteiger partial charge in [0.2, 0.25) is 0 Å². The van der Waals surface area contributed by atoms with Crippen LogP contribution < -0.4 is 0 Å². The molecule has 2 heterocycles. The van der Waals surface area contributed by atoms with Crippen molar-refractivity contribution in [3.8, 4) is 0 Å². The molecule has 1 N–H and O–H groups in total. The lowest BCUT2D eigenvalue weighted by Crippen LogP contribution is -2.42. The minimum Gasteiger partial charge on any atom is -0.481 e. The Labute approximate surface area is 113 Å². The molecular weight excluding hydrogens is 300 g/mol. The molecule has 0 aliphatic carbocycles. The van der Waals surface area contributed by atoms with E-state index in [1.165, 1.54) is 0 Å². The van der Waals surface area contributed by atoms with Crippen LogP contribution in [0.5, 0.6) is 0 Å². The number of aromatic nitrogens is 1. The molecule has 1 fully saturated rings. The van der Waals surface area contributed by atoms with E-state index in [0.29, 0.717) is 23.3 Å². The fraction of sp³-hybridized carbons (Fsp3) is 0.417. The summed E-state index contributed by atoms with van der Waals surface area (Å²) in [5.74, 6) is -1.51. The summed E-state index contributed by atoms with van der Waals surface area (Å²) in [6, 6.07) is 5.12. The number of hydrogen-bond acceptors (Lipinski definition) is 3. The highest BCUT2D eigenvalue weighted by molar-refractivity contribution is 9.10. The molecule has 1 aromatic rings. The van der Waals surface area contributed by atoms with Crippen molar-refractivity contribution >= 4 is 27.8 Å². The number of piperidine rings is 1. The maximum Gasteiger partial charge on any atom is 0.308 e. The van der Waals surface area contributed by atoms with Gasteiger partial charge in [0, 0.05) is 13.1 Å². The molecule has 1 atom stereocenters. The third-order valence-electron chi connectivity index (χ3n) is 2.99. The Balaban J connectivity index is 2.11. The van der Waals surface area contributed by atoms with Crippen LogP contribution in [0.4, 0.5) is 0 Å². The zero-order valence-corrected chi connectivity index (χ0v) is 11.3. The zero-order valence-electron chi connectivity index (χ0n) is 9.67. The first-order valence-electron chi connectivity index (χ1n) is 5.72. The van der Waals surface area contributed by atoms with E-state index in [1.54, 1.807) is 23.1 Å². The molecule has 1 aliphatic rings. The van der Waals surface area contributed by atoms with Gasteiger partial charge < -0.3 is 10.0 Å². The van der Waals surface area contributed by atoms with Crippen LogP contribution in [-0.2, 0) is 4.79 Å². The molecule has 0 bridgehead atoms. The fourth-order valence-corrected chi connectivity index (χ4v) is 2.40. The highest BCUT2D eigenvalue weighted by Crippen LogP contribution is 2.18. The zero-order chi connectivity index (χ0) is 13.1. The molecule has 1 aliphatic heterocycles. The number of aliphatic carboxylic acids is 1. The van der Waals surface area contributed by atoms with Crippen LogP contribution in [0.15, 0.2) is 22.8 Å². The summed E-state index contributed by atoms with van der Waals surface area (Å²) in [5.41, 5.74) is 0.343. The summed E-state index contributed by atoms with van der Waals surface area (Å²) in [4.78, 5) is 28.8. The van der Waals surface area contributed by atoms with E-state index >= 15 is 0 Å². The van der Waals surface area contributed by atoms with Gasteiger partial charge in [0.1, 0.15) is 10.3 Å². The second kappa shape index (κ2) is 5.48. The first kappa shape index (κ1) is 13.0. The summed E-state index contributed by atoms with van der Waals surface area (Å²) in [6.45, 7) is 0.860. The lowest BCUT2D eigenvalue weighted by Gasteiger charge is -2.30. The van der Waals surface area contributed by atoms with Crippen LogP contribution in [0.2, 0.25) is 0 Å². The van der Waals surface area contributed by atoms with E-state index in [1.807, 2.05) is 0 Å². The van der Waals surface area contributed by atoms with E-state index in [0.717, 1.165) is 6.42 Å². The highest BCUT2D eigenvalue weighted by Gasteiger charge is 2.29. The smallest absolute Gasteiger partial charge is 0.308 e. The van der Waals surface area contributed by atoms with Crippen LogP contribution in [-0.4, -0.2) is 40.0 Å². The van der Waals surface area contributed by atoms with Crippen molar-refractivity contribution in [2.45, 2.75) is 12.8 Å². The van der Waals surface area contributed by atoms with Crippen molar-refractivity contribution < 1.29 is 14.7 Å². The maximum atomic E-state index is 12.2. The SMILES string of the molecule is O=C(O)[C@H]1CCCN(C(=O)c2cccc(Br)n2)C1. The lowest BCUT2D eigenvalue weighted by molar-refractivity contribution is -0.143. The molecule has 0 saturated carbocycles. The highest BCUT2D eigenvalue weighted by atomic mass is 79.9. The summed E-state index contributed by atoms with van der Waals surface area (Å²) >= 11 is 3.21. The molecule has 0 spiro atoms. The largest absolute Gasteiger partial charge is 0.481 e. The molecule has 1 saturated heterocycles. The van der Waals surface area contributed by atoms with E-state index in [9.17, 15) is 9.59 Å². The van der Waals surface area contributed by atoms with Crippen LogP contribution in [0.25, 0.3) is 0 Å². The third kappa shape index (κ3) is 2.87. The van der Waals surface area contributed by atoms with Gasteiger partial charge in [0.15, 0.2) is 0 Å². The van der Waals surface area contributed by atoms with Crippen LogP contribution in [0, 0.1) is 5.92 Å². The van der Waals surface area contributed by atoms with Gasteiger partial charge in [-0.1, -0.05) is 6.07 Å². The van der Waals surface area contributed by atoms with Gasteiger partial charge in [-0.05, 0) is 40.9 Å². The van der Waals surface area contributed by atoms with Crippen molar-refractivity contribution in [3.63, 3.8) is 0 Å². The molecular formula is C12H13BrN2O3. The molecule has 1 aromatic heterocycles. The van der Waals surface area contributed by atoms with Crippen LogP contribution >= 0.6 is 15.9 Å². The van der Waals surface area contributed by atoms with E-state index in [4.69, 9.17) is 5.11 Å². The number of carbonyl (C=O) groups excluding carboxylic acids is 1. The Morgan fingerprint density at radius 2 is 2.22 bits per heavy atom. The Bertz CT molecular complexity index is 478. The number of nitrogens with zero attached hydrogens (tertiary/aromatic N) is 2. The first-order chi connectivity index (χ1) is 8.58. The molecule has 96 valence electrons. The predicted molar refractivity (Wildman–Crippen MR) is 68.2 cm³/mol. The maximum absolute atomic E-state index is 12.2. The molecule has 0 unspecified atom stereocenters. The van der Waals surface area contributed by atoms with Gasteiger partial charge in [0.05, 0.1) is 5.92 Å². The molecule has 5 nitrogen and oxygen atoms in total. The van der Waals surface area contributed by atoms with Gasteiger partial charge >= 0.3 is 5.97 Å². The number of carboxylic acids is 1. The minimum absolute atomic E-state index is 0.206. The van der Waals surface area contributed by atoms with Crippen molar-refractivity contribution in [2.75, 3.05) is 13.1 Å². The average molecular weight is 313 g/mol. The Morgan fingerprint density at radius 1 is 1.44 bits per heavy atom. The molecule has 18 heavy (non-hydrogen) atoms. The van der Waals surface area contributed by atoms with Gasteiger partial charge in [0.25, 0.3) is 5.91 Å². The number of amides is 1. The Morgan fingerprint density at radius 3 is 2.89 bits per heavy atom. The van der Waals surface area contributed by atoms with E-state index < -0.39 is 11.9 Å². The van der Waals surface area contributed by atoms with Gasteiger partial charge in [-0.2, -0.15) is 0 Å². The van der Waals surface area contributed by atoms with Crippen molar-refractivity contribution in [1.82, 2.24) is 9.88 Å². The Hall–Kier alpha value is -1.43. The number of hydrogen-bond donors (Lipinski definition) is 1. The third-order valence-corrected chi connectivity index (χ3v) is 3.43. The van der Waals surface area contributed by atoms with Crippen molar-refractivity contribution in [2.24, 2.45) is 5.92 Å². The quantitative estimate of drug-likeness (QED) is 0.845. The summed E-state index contributed by atoms with van der Waals surface area (Å²) in [6.07, 6.45) is 1.35. The number of carboxylic acid groups (broad SMARTS) is 1. The number of rotatable bonds is 2. The van der Waals surface area contributed by atoms with Crippen molar-refractivity contribution in [1.29, 1.82) is 0 Å². The standard InChI is InChI=1S/C12H13BrN2O3/c13-10-5-1-4-9(14-10)11(16)15-6-2-3-8(7-15)12(17)18/h1,4-5,8H,2-3,6-7H2,(H,17,18)/t8-/m0/s1. The van der Waals surface area contributed by atoms with Crippen LogP contribution in [0.1, 0.15) is 23.3 Å². The van der Waals surface area contributed by atoms with Gasteiger partial charge in [-0.25, -0.2) is 4.98 Å². The number of halogens is 1. The summed E-state index contributed by atoms with van der Waals surface area (Å²) in [7, 11) is 0. The topological polar surface area (TPSA) is 70.5 Å². The molecule has 1 amide bonds. The normalized spacial score (nSPS) is 19.6. The number of carbonyl (C=O) groups is 2.